The fourth-order valence-corrected chi connectivity index (χ4v) is 5.00. The van der Waals surface area contributed by atoms with Crippen molar-refractivity contribution in [3.8, 4) is 0 Å². The molecule has 9 heteroatoms. The highest BCUT2D eigenvalue weighted by Crippen LogP contribution is 2.21. The molecule has 3 heterocycles. The zero-order valence-corrected chi connectivity index (χ0v) is 15.3. The standard InChI is InChI=1S/C16H26N4O4S/c1-12-8-14(24-19-12)11-25(22,23)20-7-3-4-13(10-20)9-18-16(21)15-5-2-6-17-15/h8,13,15,17H,2-7,9-11H2,1H3,(H,18,21). The van der Waals surface area contributed by atoms with Crippen molar-refractivity contribution in [3.63, 3.8) is 0 Å². The highest BCUT2D eigenvalue weighted by molar-refractivity contribution is 7.88. The third kappa shape index (κ3) is 4.80. The lowest BCUT2D eigenvalue weighted by atomic mass is 9.99. The summed E-state index contributed by atoms with van der Waals surface area (Å²) in [6, 6.07) is 1.55. The number of nitrogens with one attached hydrogen (secondary N) is 2. The topological polar surface area (TPSA) is 105 Å². The van der Waals surface area contributed by atoms with Gasteiger partial charge in [-0.3, -0.25) is 4.79 Å². The summed E-state index contributed by atoms with van der Waals surface area (Å²) >= 11 is 0. The average molecular weight is 370 g/mol. The molecule has 0 aromatic carbocycles. The van der Waals surface area contributed by atoms with E-state index in [1.807, 2.05) is 0 Å². The van der Waals surface area contributed by atoms with Crippen LogP contribution in [0, 0.1) is 12.8 Å². The van der Waals surface area contributed by atoms with Gasteiger partial charge in [-0.2, -0.15) is 0 Å². The summed E-state index contributed by atoms with van der Waals surface area (Å²) < 4.78 is 31.7. The number of piperidine rings is 1. The van der Waals surface area contributed by atoms with Gasteiger partial charge in [0.05, 0.1) is 11.7 Å². The Bertz CT molecular complexity index is 697. The van der Waals surface area contributed by atoms with E-state index in [4.69, 9.17) is 4.52 Å². The number of amides is 1. The largest absolute Gasteiger partial charge is 0.360 e. The van der Waals surface area contributed by atoms with Gasteiger partial charge in [-0.1, -0.05) is 5.16 Å². The molecule has 2 N–H and O–H groups in total. The molecule has 0 aliphatic carbocycles. The molecule has 1 amide bonds. The lowest BCUT2D eigenvalue weighted by Gasteiger charge is -2.32. The molecular formula is C16H26N4O4S. The molecule has 25 heavy (non-hydrogen) atoms. The lowest BCUT2D eigenvalue weighted by Crippen LogP contribution is -2.46. The summed E-state index contributed by atoms with van der Waals surface area (Å²) in [7, 11) is -3.44. The summed E-state index contributed by atoms with van der Waals surface area (Å²) in [6.07, 6.45) is 3.62. The molecule has 0 saturated carbocycles. The van der Waals surface area contributed by atoms with E-state index in [2.05, 4.69) is 15.8 Å². The Balaban J connectivity index is 1.52. The molecule has 2 unspecified atom stereocenters. The van der Waals surface area contributed by atoms with Gasteiger partial charge < -0.3 is 15.2 Å². The molecule has 2 fully saturated rings. The molecule has 0 radical (unpaired) electrons. The number of rotatable bonds is 6. The summed E-state index contributed by atoms with van der Waals surface area (Å²) in [6.45, 7) is 4.12. The molecule has 2 aliphatic heterocycles. The first-order valence-electron chi connectivity index (χ1n) is 8.85. The Morgan fingerprint density at radius 1 is 1.44 bits per heavy atom. The summed E-state index contributed by atoms with van der Waals surface area (Å²) in [5, 5.41) is 9.88. The first-order chi connectivity index (χ1) is 11.9. The first-order valence-corrected chi connectivity index (χ1v) is 10.5. The number of hydrogen-bond acceptors (Lipinski definition) is 6. The van der Waals surface area contributed by atoms with Crippen LogP contribution in [0.5, 0.6) is 0 Å². The van der Waals surface area contributed by atoms with E-state index in [1.54, 1.807) is 13.0 Å². The normalized spacial score (nSPS) is 25.2. The van der Waals surface area contributed by atoms with Gasteiger partial charge in [0.15, 0.2) is 5.76 Å². The zero-order chi connectivity index (χ0) is 17.9. The molecule has 2 atom stereocenters. The second kappa shape index (κ2) is 7.84. The lowest BCUT2D eigenvalue weighted by molar-refractivity contribution is -0.123. The Morgan fingerprint density at radius 2 is 2.28 bits per heavy atom. The molecular weight excluding hydrogens is 344 g/mol. The number of sulfonamides is 1. The fraction of sp³-hybridized carbons (Fsp3) is 0.750. The highest BCUT2D eigenvalue weighted by atomic mass is 32.2. The maximum Gasteiger partial charge on any atom is 0.237 e. The SMILES string of the molecule is Cc1cc(CS(=O)(=O)N2CCCC(CNC(=O)C3CCCN3)C2)on1. The Labute approximate surface area is 148 Å². The van der Waals surface area contributed by atoms with E-state index in [0.717, 1.165) is 32.2 Å². The van der Waals surface area contributed by atoms with Crippen LogP contribution in [0.1, 0.15) is 37.1 Å². The predicted molar refractivity (Wildman–Crippen MR) is 92.2 cm³/mol. The van der Waals surface area contributed by atoms with Gasteiger partial charge in [0, 0.05) is 25.7 Å². The van der Waals surface area contributed by atoms with E-state index >= 15 is 0 Å². The highest BCUT2D eigenvalue weighted by Gasteiger charge is 2.31. The van der Waals surface area contributed by atoms with Crippen molar-refractivity contribution in [1.82, 2.24) is 20.1 Å². The van der Waals surface area contributed by atoms with E-state index in [9.17, 15) is 13.2 Å². The summed E-state index contributed by atoms with van der Waals surface area (Å²) in [5.74, 6) is 0.360. The Kier molecular flexibility index (Phi) is 5.75. The molecule has 3 rings (SSSR count). The van der Waals surface area contributed by atoms with Crippen LogP contribution < -0.4 is 10.6 Å². The van der Waals surface area contributed by atoms with Crippen LogP contribution in [0.4, 0.5) is 0 Å². The minimum absolute atomic E-state index is 0.0228. The number of carbonyl (C=O) groups excluding carboxylic acids is 1. The van der Waals surface area contributed by atoms with E-state index in [-0.39, 0.29) is 23.6 Å². The number of aryl methyl sites for hydroxylation is 1. The fourth-order valence-electron chi connectivity index (χ4n) is 3.48. The molecule has 0 bridgehead atoms. The second-order valence-electron chi connectivity index (χ2n) is 6.95. The minimum Gasteiger partial charge on any atom is -0.360 e. The van der Waals surface area contributed by atoms with Crippen LogP contribution in [0.15, 0.2) is 10.6 Å². The van der Waals surface area contributed by atoms with Crippen LogP contribution in [0.2, 0.25) is 0 Å². The van der Waals surface area contributed by atoms with Gasteiger partial charge in [0.2, 0.25) is 15.9 Å². The van der Waals surface area contributed by atoms with Gasteiger partial charge >= 0.3 is 0 Å². The van der Waals surface area contributed by atoms with E-state index in [0.29, 0.717) is 31.1 Å². The molecule has 2 aliphatic rings. The molecule has 140 valence electrons. The van der Waals surface area contributed by atoms with E-state index in [1.165, 1.54) is 4.31 Å². The maximum atomic E-state index is 12.6. The summed E-state index contributed by atoms with van der Waals surface area (Å²) in [5.41, 5.74) is 0.671. The van der Waals surface area contributed by atoms with E-state index < -0.39 is 10.0 Å². The number of carbonyl (C=O) groups is 1. The van der Waals surface area contributed by atoms with Crippen molar-refractivity contribution >= 4 is 15.9 Å². The smallest absolute Gasteiger partial charge is 0.237 e. The van der Waals surface area contributed by atoms with Crippen LogP contribution in [-0.2, 0) is 20.6 Å². The Hall–Kier alpha value is -1.45. The third-order valence-electron chi connectivity index (χ3n) is 4.82. The predicted octanol–water partition coefficient (Wildman–Crippen LogP) is 0.393. The Morgan fingerprint density at radius 3 is 2.96 bits per heavy atom. The minimum atomic E-state index is -3.44. The van der Waals surface area contributed by atoms with Crippen molar-refractivity contribution in [1.29, 1.82) is 0 Å². The molecule has 8 nitrogen and oxygen atoms in total. The molecule has 0 spiro atoms. The zero-order valence-electron chi connectivity index (χ0n) is 14.5. The van der Waals surface area contributed by atoms with Crippen LogP contribution in [0.3, 0.4) is 0 Å². The first kappa shape index (κ1) is 18.3. The van der Waals surface area contributed by atoms with Crippen molar-refractivity contribution in [2.45, 2.75) is 44.4 Å². The van der Waals surface area contributed by atoms with Crippen LogP contribution >= 0.6 is 0 Å². The van der Waals surface area contributed by atoms with Gasteiger partial charge in [0.25, 0.3) is 0 Å². The average Bonchev–Trinajstić information content (AvgIpc) is 3.24. The van der Waals surface area contributed by atoms with Gasteiger partial charge in [-0.15, -0.1) is 0 Å². The second-order valence-corrected chi connectivity index (χ2v) is 8.92. The summed E-state index contributed by atoms with van der Waals surface area (Å²) in [4.78, 5) is 12.1. The monoisotopic (exact) mass is 370 g/mol. The molecule has 2 saturated heterocycles. The van der Waals surface area contributed by atoms with Crippen molar-refractivity contribution in [3.05, 3.63) is 17.5 Å². The van der Waals surface area contributed by atoms with Gasteiger partial charge in [-0.05, 0) is 45.1 Å². The van der Waals surface area contributed by atoms with Crippen LogP contribution in [-0.4, -0.2) is 56.0 Å². The number of nitrogens with zero attached hydrogens (tertiary/aromatic N) is 2. The number of hydrogen-bond donors (Lipinski definition) is 2. The van der Waals surface area contributed by atoms with Crippen molar-refractivity contribution < 1.29 is 17.7 Å². The quantitative estimate of drug-likeness (QED) is 0.751. The molecule has 1 aromatic rings. The number of aromatic nitrogens is 1. The van der Waals surface area contributed by atoms with Crippen LogP contribution in [0.25, 0.3) is 0 Å². The van der Waals surface area contributed by atoms with Crippen molar-refractivity contribution in [2.75, 3.05) is 26.2 Å². The third-order valence-corrected chi connectivity index (χ3v) is 6.59. The molecule has 1 aromatic heterocycles. The van der Waals surface area contributed by atoms with Gasteiger partial charge in [0.1, 0.15) is 5.75 Å². The van der Waals surface area contributed by atoms with Crippen molar-refractivity contribution in [2.24, 2.45) is 5.92 Å². The maximum absolute atomic E-state index is 12.6. The van der Waals surface area contributed by atoms with Gasteiger partial charge in [-0.25, -0.2) is 12.7 Å².